The van der Waals surface area contributed by atoms with E-state index in [-0.39, 0.29) is 11.8 Å². The van der Waals surface area contributed by atoms with Crippen molar-refractivity contribution in [1.29, 1.82) is 0 Å². The summed E-state index contributed by atoms with van der Waals surface area (Å²) in [6.45, 7) is 2.82. The van der Waals surface area contributed by atoms with E-state index in [4.69, 9.17) is 5.73 Å². The molecule has 0 radical (unpaired) electrons. The lowest BCUT2D eigenvalue weighted by Gasteiger charge is -2.26. The highest BCUT2D eigenvalue weighted by molar-refractivity contribution is 5.78. The fraction of sp³-hybridized carbons (Fsp3) is 0.818. The Hall–Kier alpha value is -1.10. The second-order valence-corrected chi connectivity index (χ2v) is 4.19. The van der Waals surface area contributed by atoms with Crippen molar-refractivity contribution >= 4 is 11.8 Å². The summed E-state index contributed by atoms with van der Waals surface area (Å²) in [5, 5.41) is 3.04. The van der Waals surface area contributed by atoms with Crippen LogP contribution < -0.4 is 11.1 Å². The first-order valence-electron chi connectivity index (χ1n) is 5.97. The van der Waals surface area contributed by atoms with Crippen molar-refractivity contribution in [2.24, 2.45) is 5.73 Å². The average Bonchev–Trinajstić information content (AvgIpc) is 2.29. The molecule has 0 bridgehead atoms. The van der Waals surface area contributed by atoms with E-state index in [0.29, 0.717) is 25.9 Å². The van der Waals surface area contributed by atoms with Crippen LogP contribution in [0.3, 0.4) is 0 Å². The first kappa shape index (κ1) is 13.0. The van der Waals surface area contributed by atoms with Gasteiger partial charge in [-0.05, 0) is 32.2 Å². The molecule has 2 amide bonds. The van der Waals surface area contributed by atoms with Crippen molar-refractivity contribution in [2.45, 2.75) is 32.1 Å². The third-order valence-corrected chi connectivity index (χ3v) is 2.76. The molecule has 16 heavy (non-hydrogen) atoms. The molecule has 0 aromatic heterocycles. The molecule has 0 unspecified atom stereocenters. The van der Waals surface area contributed by atoms with Crippen molar-refractivity contribution in [1.82, 2.24) is 10.2 Å². The van der Waals surface area contributed by atoms with Gasteiger partial charge in [-0.3, -0.25) is 9.59 Å². The average molecular weight is 227 g/mol. The van der Waals surface area contributed by atoms with E-state index in [2.05, 4.69) is 5.32 Å². The molecule has 1 fully saturated rings. The SMILES string of the molecule is NC(=O)CCCNCC(=O)N1CCCCC1. The summed E-state index contributed by atoms with van der Waals surface area (Å²) in [5.74, 6) is -0.122. The van der Waals surface area contributed by atoms with Gasteiger partial charge >= 0.3 is 0 Å². The summed E-state index contributed by atoms with van der Waals surface area (Å²) in [7, 11) is 0. The summed E-state index contributed by atoms with van der Waals surface area (Å²) >= 11 is 0. The van der Waals surface area contributed by atoms with Gasteiger partial charge in [-0.2, -0.15) is 0 Å². The molecule has 5 heteroatoms. The Labute approximate surface area is 96.4 Å². The van der Waals surface area contributed by atoms with Crippen LogP contribution in [0.15, 0.2) is 0 Å². The van der Waals surface area contributed by atoms with Gasteiger partial charge in [-0.1, -0.05) is 0 Å². The number of likely N-dealkylation sites (tertiary alicyclic amines) is 1. The molecule has 1 saturated heterocycles. The Bertz CT molecular complexity index is 237. The van der Waals surface area contributed by atoms with Crippen LogP contribution in [0.4, 0.5) is 0 Å². The highest BCUT2D eigenvalue weighted by atomic mass is 16.2. The zero-order valence-electron chi connectivity index (χ0n) is 9.71. The topological polar surface area (TPSA) is 75.4 Å². The van der Waals surface area contributed by atoms with Crippen LogP contribution in [0.2, 0.25) is 0 Å². The number of nitrogens with two attached hydrogens (primary N) is 1. The normalized spacial score (nSPS) is 16.1. The number of primary amides is 1. The van der Waals surface area contributed by atoms with Crippen molar-refractivity contribution in [3.05, 3.63) is 0 Å². The molecule has 3 N–H and O–H groups in total. The number of hydrogen-bond donors (Lipinski definition) is 2. The van der Waals surface area contributed by atoms with Crippen molar-refractivity contribution < 1.29 is 9.59 Å². The number of carbonyl (C=O) groups excluding carboxylic acids is 2. The lowest BCUT2D eigenvalue weighted by molar-refractivity contribution is -0.131. The van der Waals surface area contributed by atoms with E-state index < -0.39 is 0 Å². The lowest BCUT2D eigenvalue weighted by Crippen LogP contribution is -2.41. The molecule has 5 nitrogen and oxygen atoms in total. The number of rotatable bonds is 6. The van der Waals surface area contributed by atoms with E-state index in [1.54, 1.807) is 0 Å². The molecule has 0 spiro atoms. The van der Waals surface area contributed by atoms with Gasteiger partial charge in [0.1, 0.15) is 0 Å². The zero-order valence-corrected chi connectivity index (χ0v) is 9.71. The quantitative estimate of drug-likeness (QED) is 0.620. The Kier molecular flexibility index (Phi) is 5.85. The van der Waals surface area contributed by atoms with Crippen molar-refractivity contribution in [3.63, 3.8) is 0 Å². The number of piperidine rings is 1. The molecule has 0 saturated carbocycles. The van der Waals surface area contributed by atoms with E-state index in [1.165, 1.54) is 6.42 Å². The van der Waals surface area contributed by atoms with Gasteiger partial charge in [-0.15, -0.1) is 0 Å². The minimum atomic E-state index is -0.288. The molecule has 1 rings (SSSR count). The first-order valence-corrected chi connectivity index (χ1v) is 5.97. The maximum absolute atomic E-state index is 11.7. The first-order chi connectivity index (χ1) is 7.70. The molecule has 1 aliphatic rings. The highest BCUT2D eigenvalue weighted by Gasteiger charge is 2.15. The smallest absolute Gasteiger partial charge is 0.236 e. The minimum absolute atomic E-state index is 0.166. The van der Waals surface area contributed by atoms with Gasteiger partial charge in [-0.25, -0.2) is 0 Å². The van der Waals surface area contributed by atoms with Gasteiger partial charge in [0.05, 0.1) is 6.54 Å². The molecule has 0 aromatic rings. The summed E-state index contributed by atoms with van der Waals surface area (Å²) in [6, 6.07) is 0. The zero-order chi connectivity index (χ0) is 11.8. The summed E-state index contributed by atoms with van der Waals surface area (Å²) in [6.07, 6.45) is 4.55. The Morgan fingerprint density at radius 3 is 2.50 bits per heavy atom. The largest absolute Gasteiger partial charge is 0.370 e. The maximum atomic E-state index is 11.7. The van der Waals surface area contributed by atoms with Crippen LogP contribution in [0.5, 0.6) is 0 Å². The summed E-state index contributed by atoms with van der Waals surface area (Å²) in [5.41, 5.74) is 5.01. The third kappa shape index (κ3) is 5.11. The number of hydrogen-bond acceptors (Lipinski definition) is 3. The van der Waals surface area contributed by atoms with Gasteiger partial charge in [0, 0.05) is 19.5 Å². The van der Waals surface area contributed by atoms with Crippen LogP contribution in [0.25, 0.3) is 0 Å². The van der Waals surface area contributed by atoms with Crippen molar-refractivity contribution in [3.8, 4) is 0 Å². The van der Waals surface area contributed by atoms with Crippen LogP contribution in [0.1, 0.15) is 32.1 Å². The van der Waals surface area contributed by atoms with Crippen LogP contribution in [-0.2, 0) is 9.59 Å². The predicted molar refractivity (Wildman–Crippen MR) is 61.7 cm³/mol. The lowest BCUT2D eigenvalue weighted by atomic mass is 10.1. The standard InChI is InChI=1S/C11H21N3O2/c12-10(15)5-4-6-13-9-11(16)14-7-2-1-3-8-14/h13H,1-9H2,(H2,12,15). The highest BCUT2D eigenvalue weighted by Crippen LogP contribution is 2.08. The number of carbonyl (C=O) groups is 2. The van der Waals surface area contributed by atoms with Crippen LogP contribution >= 0.6 is 0 Å². The molecular formula is C11H21N3O2. The van der Waals surface area contributed by atoms with E-state index in [9.17, 15) is 9.59 Å². The Morgan fingerprint density at radius 1 is 1.19 bits per heavy atom. The van der Waals surface area contributed by atoms with Gasteiger partial charge in [0.2, 0.25) is 11.8 Å². The molecule has 0 atom stereocenters. The molecule has 0 aromatic carbocycles. The van der Waals surface area contributed by atoms with E-state index in [1.807, 2.05) is 4.90 Å². The van der Waals surface area contributed by atoms with E-state index in [0.717, 1.165) is 25.9 Å². The number of amides is 2. The monoisotopic (exact) mass is 227 g/mol. The second-order valence-electron chi connectivity index (χ2n) is 4.19. The third-order valence-electron chi connectivity index (χ3n) is 2.76. The molecule has 1 heterocycles. The maximum Gasteiger partial charge on any atom is 0.236 e. The predicted octanol–water partition coefficient (Wildman–Crippen LogP) is -0.146. The van der Waals surface area contributed by atoms with Crippen molar-refractivity contribution in [2.75, 3.05) is 26.2 Å². The minimum Gasteiger partial charge on any atom is -0.370 e. The van der Waals surface area contributed by atoms with E-state index >= 15 is 0 Å². The molecule has 1 aliphatic heterocycles. The van der Waals surface area contributed by atoms with Crippen LogP contribution in [0, 0.1) is 0 Å². The van der Waals surface area contributed by atoms with Gasteiger partial charge in [0.25, 0.3) is 0 Å². The fourth-order valence-electron chi connectivity index (χ4n) is 1.84. The Balaban J connectivity index is 2.03. The number of nitrogens with one attached hydrogen (secondary N) is 1. The Morgan fingerprint density at radius 2 is 1.88 bits per heavy atom. The van der Waals surface area contributed by atoms with Gasteiger partial charge < -0.3 is 16.0 Å². The summed E-state index contributed by atoms with van der Waals surface area (Å²) < 4.78 is 0. The van der Waals surface area contributed by atoms with Crippen LogP contribution in [-0.4, -0.2) is 42.9 Å². The number of nitrogens with zero attached hydrogens (tertiary/aromatic N) is 1. The molecule has 0 aliphatic carbocycles. The van der Waals surface area contributed by atoms with Gasteiger partial charge in [0.15, 0.2) is 0 Å². The summed E-state index contributed by atoms with van der Waals surface area (Å²) in [4.78, 5) is 24.0. The fourth-order valence-corrected chi connectivity index (χ4v) is 1.84. The second kappa shape index (κ2) is 7.22. The molecular weight excluding hydrogens is 206 g/mol. The molecule has 92 valence electrons.